The third-order valence-electron chi connectivity index (χ3n) is 4.00. The van der Waals surface area contributed by atoms with Crippen LogP contribution in [0, 0.1) is 0 Å². The van der Waals surface area contributed by atoms with Gasteiger partial charge in [-0.05, 0) is 43.6 Å². The molecule has 1 aliphatic rings. The lowest BCUT2D eigenvalue weighted by molar-refractivity contribution is 0.395. The van der Waals surface area contributed by atoms with E-state index in [-0.39, 0.29) is 5.11 Å². The highest BCUT2D eigenvalue weighted by Gasteiger charge is 2.23. The summed E-state index contributed by atoms with van der Waals surface area (Å²) in [4.78, 5) is 0. The minimum absolute atomic E-state index is 0.231. The number of methoxy groups -OCH3 is 2. The maximum Gasteiger partial charge on any atom is 0.193 e. The van der Waals surface area contributed by atoms with Crippen molar-refractivity contribution >= 4 is 23.1 Å². The van der Waals surface area contributed by atoms with E-state index >= 15 is 0 Å². The molecule has 122 valence electrons. The second-order valence-electron chi connectivity index (χ2n) is 5.38. The van der Waals surface area contributed by atoms with Crippen molar-refractivity contribution in [1.29, 1.82) is 0 Å². The zero-order valence-corrected chi connectivity index (χ0v) is 14.1. The van der Waals surface area contributed by atoms with Crippen molar-refractivity contribution in [3.63, 3.8) is 0 Å². The standard InChI is InChI=1S/C16H20N4O2S/c1-21-10-6-7-11(13(9-10)22-2)14-12-5-3-4-8-18-15(12)20(19-14)16(17)23/h6-7,9,18H,3-5,8H2,1-2H3,(H2,17,23). The summed E-state index contributed by atoms with van der Waals surface area (Å²) >= 11 is 5.14. The van der Waals surface area contributed by atoms with Gasteiger partial charge in [0.05, 0.1) is 14.2 Å². The molecule has 0 atom stereocenters. The summed E-state index contributed by atoms with van der Waals surface area (Å²) in [5.41, 5.74) is 8.72. The maximum absolute atomic E-state index is 5.84. The number of benzene rings is 1. The molecule has 0 bridgehead atoms. The Morgan fingerprint density at radius 2 is 2.13 bits per heavy atom. The zero-order chi connectivity index (χ0) is 16.4. The first-order chi connectivity index (χ1) is 11.2. The Balaban J connectivity index is 2.18. The number of rotatable bonds is 3. The van der Waals surface area contributed by atoms with Crippen LogP contribution in [0.1, 0.15) is 18.4 Å². The number of hydrogen-bond donors (Lipinski definition) is 2. The zero-order valence-electron chi connectivity index (χ0n) is 13.3. The highest BCUT2D eigenvalue weighted by molar-refractivity contribution is 7.80. The Labute approximate surface area is 140 Å². The SMILES string of the molecule is COc1ccc(-c2nn(C(N)=S)c3c2CCCCN3)c(OC)c1. The largest absolute Gasteiger partial charge is 0.497 e. The van der Waals surface area contributed by atoms with Crippen molar-refractivity contribution < 1.29 is 9.47 Å². The number of anilines is 1. The first-order valence-electron chi connectivity index (χ1n) is 7.53. The van der Waals surface area contributed by atoms with E-state index in [1.807, 2.05) is 18.2 Å². The van der Waals surface area contributed by atoms with E-state index in [0.29, 0.717) is 5.75 Å². The van der Waals surface area contributed by atoms with Crippen molar-refractivity contribution in [3.8, 4) is 22.8 Å². The molecule has 6 nitrogen and oxygen atoms in total. The van der Waals surface area contributed by atoms with Crippen LogP contribution in [-0.4, -0.2) is 35.7 Å². The van der Waals surface area contributed by atoms with Gasteiger partial charge in [0.25, 0.3) is 0 Å². The van der Waals surface area contributed by atoms with Gasteiger partial charge in [0.1, 0.15) is 23.0 Å². The number of thiocarbonyl (C=S) groups is 1. The molecule has 0 saturated heterocycles. The Morgan fingerprint density at radius 1 is 1.30 bits per heavy atom. The fraction of sp³-hybridized carbons (Fsp3) is 0.375. The molecule has 2 aromatic rings. The monoisotopic (exact) mass is 332 g/mol. The summed E-state index contributed by atoms with van der Waals surface area (Å²) in [5.74, 6) is 2.34. The molecule has 1 aromatic heterocycles. The molecule has 0 aliphatic carbocycles. The molecule has 1 aromatic carbocycles. The molecule has 3 rings (SSSR count). The maximum atomic E-state index is 5.84. The molecule has 0 saturated carbocycles. The Morgan fingerprint density at radius 3 is 2.83 bits per heavy atom. The summed E-state index contributed by atoms with van der Waals surface area (Å²) in [5, 5.41) is 8.26. The first kappa shape index (κ1) is 15.6. The van der Waals surface area contributed by atoms with Gasteiger partial charge >= 0.3 is 0 Å². The number of hydrogen-bond acceptors (Lipinski definition) is 5. The van der Waals surface area contributed by atoms with E-state index in [9.17, 15) is 0 Å². The summed E-state index contributed by atoms with van der Waals surface area (Å²) in [6.07, 6.45) is 3.12. The summed E-state index contributed by atoms with van der Waals surface area (Å²) in [6, 6.07) is 5.70. The molecule has 0 fully saturated rings. The Hall–Kier alpha value is -2.28. The van der Waals surface area contributed by atoms with Gasteiger partial charge in [-0.15, -0.1) is 0 Å². The van der Waals surface area contributed by atoms with E-state index < -0.39 is 0 Å². The quantitative estimate of drug-likeness (QED) is 0.841. The summed E-state index contributed by atoms with van der Waals surface area (Å²) in [6.45, 7) is 0.889. The van der Waals surface area contributed by atoms with Gasteiger partial charge in [-0.3, -0.25) is 0 Å². The average Bonchev–Trinajstić information content (AvgIpc) is 2.76. The molecule has 0 amide bonds. The van der Waals surface area contributed by atoms with Crippen molar-refractivity contribution in [1.82, 2.24) is 9.78 Å². The molecule has 0 radical (unpaired) electrons. The van der Waals surface area contributed by atoms with Crippen LogP contribution < -0.4 is 20.5 Å². The van der Waals surface area contributed by atoms with Gasteiger partial charge in [0, 0.05) is 23.7 Å². The minimum Gasteiger partial charge on any atom is -0.497 e. The van der Waals surface area contributed by atoms with Crippen LogP contribution in [0.15, 0.2) is 18.2 Å². The third-order valence-corrected chi connectivity index (χ3v) is 4.17. The van der Waals surface area contributed by atoms with E-state index in [2.05, 4.69) is 10.4 Å². The van der Waals surface area contributed by atoms with E-state index in [1.54, 1.807) is 18.9 Å². The topological polar surface area (TPSA) is 74.3 Å². The highest BCUT2D eigenvalue weighted by atomic mass is 32.1. The fourth-order valence-electron chi connectivity index (χ4n) is 2.87. The smallest absolute Gasteiger partial charge is 0.193 e. The number of aromatic nitrogens is 2. The van der Waals surface area contributed by atoms with Gasteiger partial charge in [-0.1, -0.05) is 0 Å². The van der Waals surface area contributed by atoms with Gasteiger partial charge in [-0.2, -0.15) is 9.78 Å². The first-order valence-corrected chi connectivity index (χ1v) is 7.94. The number of ether oxygens (including phenoxy) is 2. The van der Waals surface area contributed by atoms with E-state index in [1.165, 1.54) is 0 Å². The molecular formula is C16H20N4O2S. The highest BCUT2D eigenvalue weighted by Crippen LogP contribution is 2.38. The number of nitrogens with one attached hydrogen (secondary N) is 1. The van der Waals surface area contributed by atoms with Crippen LogP contribution in [0.4, 0.5) is 5.82 Å². The van der Waals surface area contributed by atoms with Crippen LogP contribution in [0.25, 0.3) is 11.3 Å². The van der Waals surface area contributed by atoms with Gasteiger partial charge in [-0.25, -0.2) is 0 Å². The molecule has 3 N–H and O–H groups in total. The molecule has 0 unspecified atom stereocenters. The summed E-state index contributed by atoms with van der Waals surface area (Å²) < 4.78 is 12.4. The lowest BCUT2D eigenvalue weighted by atomic mass is 10.0. The lowest BCUT2D eigenvalue weighted by Gasteiger charge is -2.10. The fourth-order valence-corrected chi connectivity index (χ4v) is 3.00. The van der Waals surface area contributed by atoms with Crippen LogP contribution in [0.2, 0.25) is 0 Å². The third kappa shape index (κ3) is 2.84. The number of nitrogens with zero attached hydrogens (tertiary/aromatic N) is 2. The second-order valence-corrected chi connectivity index (χ2v) is 5.79. The molecular weight excluding hydrogens is 312 g/mol. The number of fused-ring (bicyclic) bond motifs is 1. The predicted octanol–water partition coefficient (Wildman–Crippen LogP) is 2.41. The lowest BCUT2D eigenvalue weighted by Crippen LogP contribution is -2.22. The van der Waals surface area contributed by atoms with Crippen LogP contribution in [0.3, 0.4) is 0 Å². The Bertz CT molecular complexity index is 742. The molecule has 23 heavy (non-hydrogen) atoms. The van der Waals surface area contributed by atoms with E-state index in [4.69, 9.17) is 27.4 Å². The van der Waals surface area contributed by atoms with Crippen molar-refractivity contribution in [2.24, 2.45) is 5.73 Å². The minimum atomic E-state index is 0.231. The number of nitrogens with two attached hydrogens (primary N) is 1. The predicted molar refractivity (Wildman–Crippen MR) is 94.4 cm³/mol. The normalized spacial score (nSPS) is 13.7. The van der Waals surface area contributed by atoms with Gasteiger partial charge in [0.15, 0.2) is 5.11 Å². The van der Waals surface area contributed by atoms with Gasteiger partial charge < -0.3 is 20.5 Å². The van der Waals surface area contributed by atoms with Crippen molar-refractivity contribution in [2.45, 2.75) is 19.3 Å². The second kappa shape index (κ2) is 6.45. The van der Waals surface area contributed by atoms with E-state index in [0.717, 1.165) is 54.2 Å². The van der Waals surface area contributed by atoms with Crippen molar-refractivity contribution in [2.75, 3.05) is 26.1 Å². The molecule has 7 heteroatoms. The molecule has 2 heterocycles. The van der Waals surface area contributed by atoms with Gasteiger partial charge in [0.2, 0.25) is 0 Å². The summed E-state index contributed by atoms with van der Waals surface area (Å²) in [7, 11) is 3.27. The average molecular weight is 332 g/mol. The van der Waals surface area contributed by atoms with Crippen molar-refractivity contribution in [3.05, 3.63) is 23.8 Å². The van der Waals surface area contributed by atoms with Crippen LogP contribution >= 0.6 is 12.2 Å². The Kier molecular flexibility index (Phi) is 4.38. The van der Waals surface area contributed by atoms with Crippen LogP contribution in [0.5, 0.6) is 11.5 Å². The van der Waals surface area contributed by atoms with Crippen LogP contribution in [-0.2, 0) is 6.42 Å². The molecule has 1 aliphatic heterocycles. The molecule has 0 spiro atoms.